The summed E-state index contributed by atoms with van der Waals surface area (Å²) in [6, 6.07) is -0.708. The van der Waals surface area contributed by atoms with E-state index in [1.54, 1.807) is 33.8 Å². The quantitative estimate of drug-likeness (QED) is 0.143. The van der Waals surface area contributed by atoms with Gasteiger partial charge in [0.2, 0.25) is 5.91 Å². The second-order valence-corrected chi connectivity index (χ2v) is 20.1. The van der Waals surface area contributed by atoms with Gasteiger partial charge in [0, 0.05) is 42.3 Å². The second kappa shape index (κ2) is 17.7. The van der Waals surface area contributed by atoms with Crippen LogP contribution in [0.2, 0.25) is 0 Å². The molecule has 340 valence electrons. The molecule has 15 heteroatoms. The summed E-state index contributed by atoms with van der Waals surface area (Å²) in [6.45, 7) is 17.2. The van der Waals surface area contributed by atoms with Crippen LogP contribution in [0, 0.1) is 52.3 Å². The number of carbonyl (C=O) groups excluding carboxylic acids is 4. The molecule has 4 fully saturated rings. The summed E-state index contributed by atoms with van der Waals surface area (Å²) in [5, 5.41) is 65.8. The number of allylic oxidation sites excluding steroid dienone is 4. The van der Waals surface area contributed by atoms with Crippen LogP contribution in [0.15, 0.2) is 23.8 Å². The van der Waals surface area contributed by atoms with Crippen molar-refractivity contribution in [3.05, 3.63) is 23.8 Å². The van der Waals surface area contributed by atoms with Crippen LogP contribution in [-0.4, -0.2) is 122 Å². The lowest BCUT2D eigenvalue weighted by molar-refractivity contribution is -0.195. The predicted octanol–water partition coefficient (Wildman–Crippen LogP) is 3.27. The van der Waals surface area contributed by atoms with Gasteiger partial charge in [0.1, 0.15) is 11.7 Å². The Bertz CT molecular complexity index is 1690. The number of alkyl carbamates (subject to hydrolysis) is 1. The Balaban J connectivity index is 1.24. The van der Waals surface area contributed by atoms with E-state index in [1.807, 2.05) is 20.8 Å². The molecule has 1 aliphatic heterocycles. The molecule has 2 amide bonds. The second-order valence-electron chi connectivity index (χ2n) is 20.1. The lowest BCUT2D eigenvalue weighted by atomic mass is 9.45. The van der Waals surface area contributed by atoms with Crippen LogP contribution in [0.5, 0.6) is 0 Å². The largest absolute Gasteiger partial charge is 0.459 e. The third kappa shape index (κ3) is 8.56. The fraction of sp³-hybridized carbons (Fsp3) is 0.822. The van der Waals surface area contributed by atoms with E-state index in [-0.39, 0.29) is 68.3 Å². The van der Waals surface area contributed by atoms with Crippen molar-refractivity contribution in [2.75, 3.05) is 19.6 Å². The molecule has 3 saturated carbocycles. The number of fused-ring (bicyclic) bond motifs is 5. The molecule has 1 saturated heterocycles. The maximum Gasteiger partial charge on any atom is 0.407 e. The number of ketones is 1. The van der Waals surface area contributed by atoms with Crippen LogP contribution >= 0.6 is 0 Å². The fourth-order valence-corrected chi connectivity index (χ4v) is 12.3. The monoisotopic (exact) mass is 850 g/mol. The lowest BCUT2D eigenvalue weighted by Crippen LogP contribution is -2.67. The molecule has 4 unspecified atom stereocenters. The summed E-state index contributed by atoms with van der Waals surface area (Å²) in [4.78, 5) is 52.9. The molecule has 14 nitrogen and oxygen atoms in total. The highest BCUT2D eigenvalue weighted by molar-refractivity contribution is 6.01. The Morgan fingerprint density at radius 3 is 2.28 bits per heavy atom. The number of cyclic esters (lactones) is 1. The molecule has 60 heavy (non-hydrogen) atoms. The van der Waals surface area contributed by atoms with Gasteiger partial charge in [-0.2, -0.15) is 0 Å². The summed E-state index contributed by atoms with van der Waals surface area (Å²) in [5.74, 6) is -4.82. The molecule has 4 aliphatic carbocycles. The zero-order chi connectivity index (χ0) is 44.9. The third-order valence-electron chi connectivity index (χ3n) is 15.6. The number of hydrogen-bond donors (Lipinski definition) is 8. The molecular formula is C45H72FN3O11. The molecule has 0 bridgehead atoms. The number of aliphatic hydroxyl groups is 5. The molecule has 5 rings (SSSR count). The smallest absolute Gasteiger partial charge is 0.407 e. The maximum absolute atomic E-state index is 17.5. The predicted molar refractivity (Wildman–Crippen MR) is 221 cm³/mol. The minimum Gasteiger partial charge on any atom is -0.459 e. The van der Waals surface area contributed by atoms with E-state index >= 15 is 4.39 Å². The number of alkyl halides is 1. The molecule has 18 atom stereocenters. The van der Waals surface area contributed by atoms with E-state index in [2.05, 4.69) is 16.0 Å². The zero-order valence-corrected chi connectivity index (χ0v) is 37.2. The first-order chi connectivity index (χ1) is 27.8. The van der Waals surface area contributed by atoms with Gasteiger partial charge in [0.15, 0.2) is 17.6 Å². The van der Waals surface area contributed by atoms with Gasteiger partial charge < -0.3 is 51.0 Å². The first-order valence-electron chi connectivity index (χ1n) is 22.1. The molecule has 0 aromatic heterocycles. The van der Waals surface area contributed by atoms with E-state index in [0.717, 1.165) is 0 Å². The Kier molecular flexibility index (Phi) is 14.2. The minimum absolute atomic E-state index is 0.0337. The highest BCUT2D eigenvalue weighted by Crippen LogP contribution is 2.69. The number of carbonyl (C=O) groups is 4. The maximum atomic E-state index is 17.5. The van der Waals surface area contributed by atoms with Crippen LogP contribution in [-0.2, 0) is 23.9 Å². The van der Waals surface area contributed by atoms with E-state index in [0.29, 0.717) is 24.8 Å². The molecular weight excluding hydrogens is 778 g/mol. The number of hydrogen-bond acceptors (Lipinski definition) is 12. The van der Waals surface area contributed by atoms with E-state index in [1.165, 1.54) is 32.9 Å². The molecule has 0 spiro atoms. The van der Waals surface area contributed by atoms with Crippen molar-refractivity contribution in [3.8, 4) is 0 Å². The first-order valence-corrected chi connectivity index (χ1v) is 22.1. The first kappa shape index (κ1) is 48.1. The Morgan fingerprint density at radius 2 is 1.63 bits per heavy atom. The molecule has 8 N–H and O–H groups in total. The average molecular weight is 850 g/mol. The van der Waals surface area contributed by atoms with Gasteiger partial charge in [-0.25, -0.2) is 9.18 Å². The van der Waals surface area contributed by atoms with Gasteiger partial charge in [-0.05, 0) is 115 Å². The normalized spacial score (nSPS) is 47.6. The number of amides is 2. The van der Waals surface area contributed by atoms with Crippen molar-refractivity contribution < 1.29 is 58.6 Å². The number of halogens is 1. The highest BCUT2D eigenvalue weighted by atomic mass is 19.1. The summed E-state index contributed by atoms with van der Waals surface area (Å²) in [5.41, 5.74) is -6.64. The summed E-state index contributed by atoms with van der Waals surface area (Å²) < 4.78 is 29.2. The van der Waals surface area contributed by atoms with Crippen molar-refractivity contribution in [1.29, 1.82) is 0 Å². The Hall–Kier alpha value is -2.95. The topological polar surface area (TPSA) is 224 Å². The van der Waals surface area contributed by atoms with Crippen LogP contribution < -0.4 is 16.0 Å². The number of ether oxygens (including phenoxy) is 2. The average Bonchev–Trinajstić information content (AvgIpc) is 3.44. The van der Waals surface area contributed by atoms with E-state index < -0.39 is 100.0 Å². The van der Waals surface area contributed by atoms with Crippen molar-refractivity contribution in [2.45, 2.75) is 161 Å². The van der Waals surface area contributed by atoms with Crippen LogP contribution in [0.25, 0.3) is 0 Å². The van der Waals surface area contributed by atoms with Crippen LogP contribution in [0.3, 0.4) is 0 Å². The summed E-state index contributed by atoms with van der Waals surface area (Å²) >= 11 is 0. The molecule has 1 heterocycles. The molecule has 5 aliphatic rings. The minimum atomic E-state index is -1.99. The van der Waals surface area contributed by atoms with Gasteiger partial charge >= 0.3 is 12.1 Å². The Labute approximate surface area is 354 Å². The summed E-state index contributed by atoms with van der Waals surface area (Å²) in [6.07, 6.45) is -0.950. The van der Waals surface area contributed by atoms with E-state index in [4.69, 9.17) is 9.47 Å². The van der Waals surface area contributed by atoms with Crippen molar-refractivity contribution in [3.63, 3.8) is 0 Å². The van der Waals surface area contributed by atoms with Crippen LogP contribution in [0.1, 0.15) is 108 Å². The fourth-order valence-electron chi connectivity index (χ4n) is 12.3. The van der Waals surface area contributed by atoms with Gasteiger partial charge in [-0.1, -0.05) is 46.3 Å². The Morgan fingerprint density at radius 1 is 0.983 bits per heavy atom. The van der Waals surface area contributed by atoms with Gasteiger partial charge in [0.05, 0.1) is 29.8 Å². The van der Waals surface area contributed by atoms with Gasteiger partial charge in [-0.3, -0.25) is 14.4 Å². The standard InChI is InChI=1S/C45H72FN3O11/c1-11-33-44(10,58)37(27(6)49-22-23(2)20-43(9,57)36(53)25(4)35(52)26(5)39(55)59-33)60-40(56)48-17-16-47-38(54)34-24(3)18-31-30-13-12-28-19-29(50)14-15-42(28,8)45(30,46)32(51)21-41(31,34)7/h14-15,19,23-27,30-37,49,51-53,57-58H,11-13,16-18,20-22H2,1-10H3,(H,47,54)(H,48,56)/t23-,24-,25+,26-,27-,30?,31?,32+,33-,34-,35?,36-,37?,41+,42+,43-,44-,45+/m1/s1. The lowest BCUT2D eigenvalue weighted by Gasteiger charge is -2.61. The van der Waals surface area contributed by atoms with E-state index in [9.17, 15) is 44.7 Å². The molecule has 0 aromatic rings. The highest BCUT2D eigenvalue weighted by Gasteiger charge is 2.71. The summed E-state index contributed by atoms with van der Waals surface area (Å²) in [7, 11) is 0. The third-order valence-corrected chi connectivity index (χ3v) is 15.6. The SMILES string of the molecule is CC[C@H]1OC(=O)[C@H](C)C(O)[C@H](C)[C@@H](O)[C@](C)(O)C[C@@H](C)CN[C@H](C)C(OC(=O)NCCNC(=O)[C@H]2[C@H](C)CC3C4CCC5=CC(=O)C=C[C@]5(C)[C@@]4(F)[C@@H](O)C[C@@]32C)[C@]1(C)O. The number of nitrogens with one attached hydrogen (secondary N) is 3. The number of aliphatic hydroxyl groups excluding tert-OH is 3. The number of esters is 1. The van der Waals surface area contributed by atoms with Crippen LogP contribution in [0.4, 0.5) is 9.18 Å². The van der Waals surface area contributed by atoms with Crippen molar-refractivity contribution in [1.82, 2.24) is 16.0 Å². The number of rotatable bonds is 6. The van der Waals surface area contributed by atoms with Crippen molar-refractivity contribution >= 4 is 23.8 Å². The van der Waals surface area contributed by atoms with Gasteiger partial charge in [-0.15, -0.1) is 0 Å². The van der Waals surface area contributed by atoms with Crippen molar-refractivity contribution in [2.24, 2.45) is 52.3 Å². The zero-order valence-electron chi connectivity index (χ0n) is 37.2. The molecule has 0 radical (unpaired) electrons. The molecule has 0 aromatic carbocycles. The van der Waals surface area contributed by atoms with Gasteiger partial charge in [0.25, 0.3) is 0 Å².